The van der Waals surface area contributed by atoms with Gasteiger partial charge in [-0.1, -0.05) is 13.8 Å². The number of carboxylic acids is 1. The van der Waals surface area contributed by atoms with Gasteiger partial charge in [0.15, 0.2) is 6.61 Å². The molecule has 0 atom stereocenters. The van der Waals surface area contributed by atoms with Gasteiger partial charge in [0.2, 0.25) is 0 Å². The Hall–Kier alpha value is -2.34. The van der Waals surface area contributed by atoms with Crippen LogP contribution in [0, 0.1) is 6.92 Å². The molecule has 1 aromatic heterocycles. The number of likely N-dealkylation sites (N-methyl/N-ethyl adjacent to an activating group) is 1. The molecule has 2 aromatic rings. The molecule has 130 valence electrons. The summed E-state index contributed by atoms with van der Waals surface area (Å²) in [6.45, 7) is 8.36. The number of carbonyl (C=O) groups is 1. The molecule has 24 heavy (non-hydrogen) atoms. The quantitative estimate of drug-likeness (QED) is 0.748. The van der Waals surface area contributed by atoms with Crippen molar-refractivity contribution < 1.29 is 19.1 Å². The molecule has 0 bridgehead atoms. The summed E-state index contributed by atoms with van der Waals surface area (Å²) >= 11 is 0. The van der Waals surface area contributed by atoms with Crippen molar-refractivity contribution in [3.05, 3.63) is 39.7 Å². The molecule has 0 saturated heterocycles. The van der Waals surface area contributed by atoms with Crippen molar-refractivity contribution in [1.29, 1.82) is 0 Å². The summed E-state index contributed by atoms with van der Waals surface area (Å²) in [4.78, 5) is 25.1. The summed E-state index contributed by atoms with van der Waals surface area (Å²) < 4.78 is 10.5. The van der Waals surface area contributed by atoms with Gasteiger partial charge in [-0.3, -0.25) is 0 Å². The second-order valence-corrected chi connectivity index (χ2v) is 5.61. The van der Waals surface area contributed by atoms with Crippen LogP contribution in [0.4, 0.5) is 0 Å². The lowest BCUT2D eigenvalue weighted by atomic mass is 10.0. The predicted octanol–water partition coefficient (Wildman–Crippen LogP) is 2.45. The van der Waals surface area contributed by atoms with Crippen LogP contribution in [0.3, 0.4) is 0 Å². The lowest BCUT2D eigenvalue weighted by molar-refractivity contribution is -0.139. The first-order chi connectivity index (χ1) is 11.5. The number of hydrogen-bond donors (Lipinski definition) is 1. The number of fused-ring (bicyclic) bond motifs is 1. The number of aliphatic carboxylic acids is 1. The molecule has 1 heterocycles. The first-order valence-electron chi connectivity index (χ1n) is 8.09. The van der Waals surface area contributed by atoms with Gasteiger partial charge in [0.25, 0.3) is 0 Å². The van der Waals surface area contributed by atoms with E-state index in [1.54, 1.807) is 18.2 Å². The van der Waals surface area contributed by atoms with Gasteiger partial charge in [-0.2, -0.15) is 0 Å². The highest BCUT2D eigenvalue weighted by molar-refractivity contribution is 5.82. The van der Waals surface area contributed by atoms with Gasteiger partial charge < -0.3 is 19.2 Å². The zero-order valence-corrected chi connectivity index (χ0v) is 14.3. The van der Waals surface area contributed by atoms with Crippen LogP contribution < -0.4 is 10.4 Å². The number of ether oxygens (including phenoxy) is 1. The monoisotopic (exact) mass is 333 g/mol. The third-order valence-electron chi connectivity index (χ3n) is 4.19. The molecule has 0 radical (unpaired) electrons. The Morgan fingerprint density at radius 3 is 2.62 bits per heavy atom. The standard InChI is InChI=1S/C18H23NO5/c1-4-19(5-2)9-8-15-12(3)14-7-6-13(23-11-17(20)21)10-16(14)24-18(15)22/h6-7,10H,4-5,8-9,11H2,1-3H3,(H,20,21). The van der Waals surface area contributed by atoms with Crippen LogP contribution >= 0.6 is 0 Å². The van der Waals surface area contributed by atoms with Crippen molar-refractivity contribution in [1.82, 2.24) is 4.90 Å². The van der Waals surface area contributed by atoms with Crippen molar-refractivity contribution in [2.75, 3.05) is 26.2 Å². The molecule has 6 nitrogen and oxygen atoms in total. The van der Waals surface area contributed by atoms with E-state index < -0.39 is 12.6 Å². The maximum absolute atomic E-state index is 12.3. The van der Waals surface area contributed by atoms with Crippen LogP contribution in [-0.4, -0.2) is 42.2 Å². The fraction of sp³-hybridized carbons (Fsp3) is 0.444. The summed E-state index contributed by atoms with van der Waals surface area (Å²) in [5.41, 5.74) is 1.65. The number of aryl methyl sites for hydroxylation is 1. The molecule has 1 aromatic carbocycles. The fourth-order valence-electron chi connectivity index (χ4n) is 2.71. The Morgan fingerprint density at radius 2 is 2.00 bits per heavy atom. The molecule has 2 rings (SSSR count). The Kier molecular flexibility index (Phi) is 5.98. The molecule has 0 spiro atoms. The molecule has 0 aliphatic heterocycles. The molecular weight excluding hydrogens is 310 g/mol. The number of rotatable bonds is 8. The molecule has 0 unspecified atom stereocenters. The van der Waals surface area contributed by atoms with Crippen LogP contribution in [-0.2, 0) is 11.2 Å². The maximum atomic E-state index is 12.3. The van der Waals surface area contributed by atoms with E-state index in [2.05, 4.69) is 18.7 Å². The van der Waals surface area contributed by atoms with Gasteiger partial charge in [-0.15, -0.1) is 0 Å². The maximum Gasteiger partial charge on any atom is 0.341 e. The van der Waals surface area contributed by atoms with Gasteiger partial charge in [0.1, 0.15) is 11.3 Å². The molecule has 6 heteroatoms. The largest absolute Gasteiger partial charge is 0.482 e. The second kappa shape index (κ2) is 7.97. The minimum Gasteiger partial charge on any atom is -0.482 e. The van der Waals surface area contributed by atoms with Crippen LogP contribution in [0.1, 0.15) is 25.0 Å². The summed E-state index contributed by atoms with van der Waals surface area (Å²) in [7, 11) is 0. The Morgan fingerprint density at radius 1 is 1.29 bits per heavy atom. The highest BCUT2D eigenvalue weighted by atomic mass is 16.5. The molecule has 0 saturated carbocycles. The summed E-state index contributed by atoms with van der Waals surface area (Å²) in [5.74, 6) is -0.692. The van der Waals surface area contributed by atoms with Crippen LogP contribution in [0.2, 0.25) is 0 Å². The van der Waals surface area contributed by atoms with Gasteiger partial charge in [0, 0.05) is 23.6 Å². The van der Waals surface area contributed by atoms with E-state index in [4.69, 9.17) is 14.3 Å². The average Bonchev–Trinajstić information content (AvgIpc) is 2.56. The Balaban J connectivity index is 2.31. The van der Waals surface area contributed by atoms with E-state index >= 15 is 0 Å². The van der Waals surface area contributed by atoms with Gasteiger partial charge in [-0.05, 0) is 44.1 Å². The molecule has 0 aliphatic rings. The van der Waals surface area contributed by atoms with Crippen LogP contribution in [0.15, 0.2) is 27.4 Å². The first-order valence-corrected chi connectivity index (χ1v) is 8.09. The van der Waals surface area contributed by atoms with Crippen molar-refractivity contribution in [2.45, 2.75) is 27.2 Å². The van der Waals surface area contributed by atoms with Crippen molar-refractivity contribution in [3.63, 3.8) is 0 Å². The Bertz CT molecular complexity index is 777. The lowest BCUT2D eigenvalue weighted by Gasteiger charge is -2.18. The SMILES string of the molecule is CCN(CC)CCc1c(C)c2ccc(OCC(=O)O)cc2oc1=O. The fourth-order valence-corrected chi connectivity index (χ4v) is 2.71. The van der Waals surface area contributed by atoms with Crippen molar-refractivity contribution in [2.24, 2.45) is 0 Å². The average molecular weight is 333 g/mol. The molecule has 0 fully saturated rings. The topological polar surface area (TPSA) is 80.0 Å². The van der Waals surface area contributed by atoms with Crippen LogP contribution in [0.5, 0.6) is 5.75 Å². The van der Waals surface area contributed by atoms with E-state index in [1.807, 2.05) is 6.92 Å². The van der Waals surface area contributed by atoms with E-state index in [0.29, 0.717) is 23.3 Å². The van der Waals surface area contributed by atoms with Gasteiger partial charge in [0.05, 0.1) is 0 Å². The van der Waals surface area contributed by atoms with Gasteiger partial charge in [-0.25, -0.2) is 9.59 Å². The minimum absolute atomic E-state index is 0.345. The first kappa shape index (κ1) is 18.0. The highest BCUT2D eigenvalue weighted by Gasteiger charge is 2.13. The normalized spacial score (nSPS) is 11.2. The summed E-state index contributed by atoms with van der Waals surface area (Å²) in [6.07, 6.45) is 0.642. The van der Waals surface area contributed by atoms with Crippen molar-refractivity contribution in [3.8, 4) is 5.75 Å². The Labute approximate surface area is 140 Å². The third-order valence-corrected chi connectivity index (χ3v) is 4.19. The number of carboxylic acid groups (broad SMARTS) is 1. The zero-order valence-electron chi connectivity index (χ0n) is 14.3. The molecular formula is C18H23NO5. The molecule has 0 amide bonds. The summed E-state index contributed by atoms with van der Waals surface area (Å²) in [5, 5.41) is 9.49. The molecule has 0 aliphatic carbocycles. The van der Waals surface area contributed by atoms with Crippen LogP contribution in [0.25, 0.3) is 11.0 Å². The van der Waals surface area contributed by atoms with E-state index in [-0.39, 0.29) is 5.63 Å². The summed E-state index contributed by atoms with van der Waals surface area (Å²) in [6, 6.07) is 5.04. The number of benzene rings is 1. The predicted molar refractivity (Wildman–Crippen MR) is 91.8 cm³/mol. The van der Waals surface area contributed by atoms with Crippen molar-refractivity contribution >= 4 is 16.9 Å². The molecule has 1 N–H and O–H groups in total. The number of hydrogen-bond acceptors (Lipinski definition) is 5. The minimum atomic E-state index is -1.06. The third kappa shape index (κ3) is 4.14. The highest BCUT2D eigenvalue weighted by Crippen LogP contribution is 2.24. The van der Waals surface area contributed by atoms with Gasteiger partial charge >= 0.3 is 11.6 Å². The number of nitrogens with zero attached hydrogens (tertiary/aromatic N) is 1. The van der Waals surface area contributed by atoms with E-state index in [0.717, 1.165) is 30.6 Å². The zero-order chi connectivity index (χ0) is 17.7. The van der Waals surface area contributed by atoms with E-state index in [9.17, 15) is 9.59 Å². The smallest absolute Gasteiger partial charge is 0.341 e. The second-order valence-electron chi connectivity index (χ2n) is 5.61. The lowest BCUT2D eigenvalue weighted by Crippen LogP contribution is -2.27. The van der Waals surface area contributed by atoms with E-state index in [1.165, 1.54) is 0 Å².